The van der Waals surface area contributed by atoms with Gasteiger partial charge < -0.3 is 20.4 Å². The molecule has 2 aliphatic rings. The largest absolute Gasteiger partial charge is 0.382 e. The van der Waals surface area contributed by atoms with Crippen molar-refractivity contribution in [1.82, 2.24) is 9.88 Å². The van der Waals surface area contributed by atoms with Crippen molar-refractivity contribution in [2.24, 2.45) is 11.3 Å². The molecule has 0 atom stereocenters. The third-order valence-electron chi connectivity index (χ3n) is 6.77. The molecule has 1 aliphatic carbocycles. The summed E-state index contributed by atoms with van der Waals surface area (Å²) in [6, 6.07) is 12.8. The minimum Gasteiger partial charge on any atom is -0.382 e. The molecule has 33 heavy (non-hydrogen) atoms. The van der Waals surface area contributed by atoms with Crippen molar-refractivity contribution in [2.75, 3.05) is 55.3 Å². The summed E-state index contributed by atoms with van der Waals surface area (Å²) >= 11 is 0. The lowest BCUT2D eigenvalue weighted by Gasteiger charge is -2.37. The van der Waals surface area contributed by atoms with Crippen LogP contribution >= 0.6 is 0 Å². The number of rotatable bonds is 6. The molecule has 0 radical (unpaired) electrons. The SMILES string of the molecule is CNc1nc(-c2ccc(N3CCN(C(=O)C4CCCC4)CC3)cc2)ccc1NCC(C)(C)C. The van der Waals surface area contributed by atoms with E-state index in [0.29, 0.717) is 5.91 Å². The van der Waals surface area contributed by atoms with Crippen LogP contribution in [0.15, 0.2) is 36.4 Å². The van der Waals surface area contributed by atoms with Gasteiger partial charge in [-0.1, -0.05) is 45.7 Å². The Bertz CT molecular complexity index is 936. The van der Waals surface area contributed by atoms with Gasteiger partial charge in [-0.25, -0.2) is 4.98 Å². The first kappa shape index (κ1) is 23.4. The van der Waals surface area contributed by atoms with Crippen LogP contribution in [0.2, 0.25) is 0 Å². The number of benzene rings is 1. The van der Waals surface area contributed by atoms with Gasteiger partial charge in [0.2, 0.25) is 5.91 Å². The maximum Gasteiger partial charge on any atom is 0.225 e. The normalized spacial score (nSPS) is 17.3. The highest BCUT2D eigenvalue weighted by molar-refractivity contribution is 5.79. The Balaban J connectivity index is 1.38. The van der Waals surface area contributed by atoms with Crippen molar-refractivity contribution >= 4 is 23.1 Å². The third-order valence-corrected chi connectivity index (χ3v) is 6.77. The lowest BCUT2D eigenvalue weighted by molar-refractivity contribution is -0.135. The highest BCUT2D eigenvalue weighted by Crippen LogP contribution is 2.29. The number of anilines is 3. The second-order valence-corrected chi connectivity index (χ2v) is 10.6. The maximum atomic E-state index is 12.7. The number of hydrogen-bond donors (Lipinski definition) is 2. The van der Waals surface area contributed by atoms with Gasteiger partial charge in [0, 0.05) is 56.9 Å². The molecule has 2 heterocycles. The van der Waals surface area contributed by atoms with Crippen LogP contribution in [0.25, 0.3) is 11.3 Å². The van der Waals surface area contributed by atoms with E-state index in [1.807, 2.05) is 7.05 Å². The molecule has 2 fully saturated rings. The van der Waals surface area contributed by atoms with Gasteiger partial charge in [0.05, 0.1) is 11.4 Å². The summed E-state index contributed by atoms with van der Waals surface area (Å²) in [6.45, 7) is 11.0. The number of carbonyl (C=O) groups is 1. The topological polar surface area (TPSA) is 60.5 Å². The van der Waals surface area contributed by atoms with E-state index in [-0.39, 0.29) is 11.3 Å². The maximum absolute atomic E-state index is 12.7. The van der Waals surface area contributed by atoms with E-state index in [4.69, 9.17) is 4.98 Å². The van der Waals surface area contributed by atoms with Gasteiger partial charge in [-0.3, -0.25) is 4.79 Å². The van der Waals surface area contributed by atoms with Crippen LogP contribution in [0.1, 0.15) is 46.5 Å². The summed E-state index contributed by atoms with van der Waals surface area (Å²) < 4.78 is 0. The van der Waals surface area contributed by atoms with E-state index in [1.54, 1.807) is 0 Å². The first-order valence-electron chi connectivity index (χ1n) is 12.4. The average Bonchev–Trinajstić information content (AvgIpc) is 3.37. The molecular weight excluding hydrogens is 410 g/mol. The van der Waals surface area contributed by atoms with E-state index >= 15 is 0 Å². The van der Waals surface area contributed by atoms with E-state index in [2.05, 4.69) is 77.6 Å². The molecule has 0 unspecified atom stereocenters. The van der Waals surface area contributed by atoms with Gasteiger partial charge in [0.15, 0.2) is 0 Å². The monoisotopic (exact) mass is 449 g/mol. The average molecular weight is 450 g/mol. The lowest BCUT2D eigenvalue weighted by Crippen LogP contribution is -2.50. The molecule has 2 aromatic rings. The Morgan fingerprint density at radius 2 is 1.67 bits per heavy atom. The Morgan fingerprint density at radius 1 is 1.00 bits per heavy atom. The van der Waals surface area contributed by atoms with Crippen LogP contribution in [0.5, 0.6) is 0 Å². The molecular formula is C27H39N5O. The fourth-order valence-corrected chi connectivity index (χ4v) is 4.77. The van der Waals surface area contributed by atoms with Crippen LogP contribution in [0.4, 0.5) is 17.2 Å². The number of nitrogens with zero attached hydrogens (tertiary/aromatic N) is 3. The minimum absolute atomic E-state index is 0.203. The molecule has 1 amide bonds. The smallest absolute Gasteiger partial charge is 0.225 e. The standard InChI is InChI=1S/C27H39N5O/c1-27(2,3)19-29-24-14-13-23(30-25(24)28-4)20-9-11-22(12-10-20)31-15-17-32(18-16-31)26(33)21-7-5-6-8-21/h9-14,21,29H,5-8,15-19H2,1-4H3,(H,28,30). The molecule has 6 nitrogen and oxygen atoms in total. The van der Waals surface area contributed by atoms with Gasteiger partial charge in [0.1, 0.15) is 5.82 Å². The van der Waals surface area contributed by atoms with Crippen molar-refractivity contribution in [3.8, 4) is 11.3 Å². The number of carbonyl (C=O) groups excluding carboxylic acids is 1. The van der Waals surface area contributed by atoms with Crippen LogP contribution in [-0.4, -0.2) is 55.6 Å². The Hall–Kier alpha value is -2.76. The van der Waals surface area contributed by atoms with Gasteiger partial charge in [-0.15, -0.1) is 0 Å². The van der Waals surface area contributed by atoms with Crippen molar-refractivity contribution in [1.29, 1.82) is 0 Å². The highest BCUT2D eigenvalue weighted by atomic mass is 16.2. The lowest BCUT2D eigenvalue weighted by atomic mass is 9.97. The summed E-state index contributed by atoms with van der Waals surface area (Å²) in [7, 11) is 1.91. The van der Waals surface area contributed by atoms with Gasteiger partial charge >= 0.3 is 0 Å². The molecule has 1 aromatic carbocycles. The highest BCUT2D eigenvalue weighted by Gasteiger charge is 2.29. The zero-order valence-corrected chi connectivity index (χ0v) is 20.7. The van der Waals surface area contributed by atoms with Crippen LogP contribution in [-0.2, 0) is 4.79 Å². The number of aromatic nitrogens is 1. The summed E-state index contributed by atoms with van der Waals surface area (Å²) in [5, 5.41) is 6.73. The summed E-state index contributed by atoms with van der Waals surface area (Å²) in [4.78, 5) is 22.0. The van der Waals surface area contributed by atoms with Gasteiger partial charge in [0.25, 0.3) is 0 Å². The second kappa shape index (κ2) is 10.0. The molecule has 2 N–H and O–H groups in total. The minimum atomic E-state index is 0.203. The molecule has 1 saturated carbocycles. The zero-order valence-electron chi connectivity index (χ0n) is 20.7. The Morgan fingerprint density at radius 3 is 2.27 bits per heavy atom. The van der Waals surface area contributed by atoms with Crippen LogP contribution in [0.3, 0.4) is 0 Å². The molecule has 178 valence electrons. The molecule has 1 aliphatic heterocycles. The Labute approximate surface area is 198 Å². The van der Waals surface area contributed by atoms with Crippen molar-refractivity contribution in [2.45, 2.75) is 46.5 Å². The first-order chi connectivity index (χ1) is 15.8. The Kier molecular flexibility index (Phi) is 7.11. The number of hydrogen-bond acceptors (Lipinski definition) is 5. The fraction of sp³-hybridized carbons (Fsp3) is 0.556. The first-order valence-corrected chi connectivity index (χ1v) is 12.4. The molecule has 1 saturated heterocycles. The second-order valence-electron chi connectivity index (χ2n) is 10.6. The van der Waals surface area contributed by atoms with E-state index in [0.717, 1.165) is 68.3 Å². The number of nitrogens with one attached hydrogen (secondary N) is 2. The van der Waals surface area contributed by atoms with E-state index < -0.39 is 0 Å². The zero-order chi connectivity index (χ0) is 23.4. The predicted octanol–water partition coefficient (Wildman–Crippen LogP) is 5.09. The van der Waals surface area contributed by atoms with E-state index in [1.165, 1.54) is 18.5 Å². The van der Waals surface area contributed by atoms with Crippen molar-refractivity contribution in [3.05, 3.63) is 36.4 Å². The molecule has 4 rings (SSSR count). The van der Waals surface area contributed by atoms with Crippen LogP contribution in [0, 0.1) is 11.3 Å². The third kappa shape index (κ3) is 5.79. The molecule has 0 spiro atoms. The van der Waals surface area contributed by atoms with E-state index in [9.17, 15) is 4.79 Å². The molecule has 1 aromatic heterocycles. The van der Waals surface area contributed by atoms with Crippen LogP contribution < -0.4 is 15.5 Å². The predicted molar refractivity (Wildman–Crippen MR) is 138 cm³/mol. The number of piperazine rings is 1. The quantitative estimate of drug-likeness (QED) is 0.643. The fourth-order valence-electron chi connectivity index (χ4n) is 4.77. The summed E-state index contributed by atoms with van der Waals surface area (Å²) in [5.74, 6) is 1.53. The van der Waals surface area contributed by atoms with Gasteiger partial charge in [-0.05, 0) is 42.5 Å². The summed E-state index contributed by atoms with van der Waals surface area (Å²) in [6.07, 6.45) is 4.59. The molecule has 0 bridgehead atoms. The summed E-state index contributed by atoms with van der Waals surface area (Å²) in [5.41, 5.74) is 4.50. The van der Waals surface area contributed by atoms with Gasteiger partial charge in [-0.2, -0.15) is 0 Å². The number of amides is 1. The van der Waals surface area contributed by atoms with Crippen molar-refractivity contribution < 1.29 is 4.79 Å². The number of pyridine rings is 1. The van der Waals surface area contributed by atoms with Crippen molar-refractivity contribution in [3.63, 3.8) is 0 Å². The molecule has 6 heteroatoms.